The van der Waals surface area contributed by atoms with E-state index in [1.807, 2.05) is 24.3 Å². The molecule has 0 radical (unpaired) electrons. The predicted octanol–water partition coefficient (Wildman–Crippen LogP) is 4.63. The third kappa shape index (κ3) is 4.38. The Hall–Kier alpha value is -3.63. The van der Waals surface area contributed by atoms with E-state index in [0.29, 0.717) is 27.0 Å². The second-order valence-electron chi connectivity index (χ2n) is 9.03. The van der Waals surface area contributed by atoms with Crippen LogP contribution >= 0.6 is 0 Å². The highest BCUT2D eigenvalue weighted by molar-refractivity contribution is 6.00. The summed E-state index contributed by atoms with van der Waals surface area (Å²) in [6.45, 7) is -1.98. The molecule has 4 N–H and O–H groups in total. The fraction of sp³-hybridized carbons (Fsp3) is 0.308. The summed E-state index contributed by atoms with van der Waals surface area (Å²) in [5.41, 5.74) is 7.73. The van der Waals surface area contributed by atoms with Crippen molar-refractivity contribution < 1.29 is 22.7 Å². The topological polar surface area (TPSA) is 106 Å². The minimum Gasteiger partial charge on any atom is -0.437 e. The highest BCUT2D eigenvalue weighted by Crippen LogP contribution is 2.42. The van der Waals surface area contributed by atoms with E-state index in [-0.39, 0.29) is 35.7 Å². The largest absolute Gasteiger partial charge is 0.437 e. The van der Waals surface area contributed by atoms with Gasteiger partial charge >= 0.3 is 6.18 Å². The van der Waals surface area contributed by atoms with E-state index < -0.39 is 18.3 Å². The smallest absolute Gasteiger partial charge is 0.406 e. The Labute approximate surface area is 204 Å². The number of aliphatic hydroxyl groups is 1. The number of aliphatic hydroxyl groups excluding tert-OH is 1. The van der Waals surface area contributed by atoms with Crippen molar-refractivity contribution in [3.05, 3.63) is 70.5 Å². The van der Waals surface area contributed by atoms with Gasteiger partial charge in [0.2, 0.25) is 11.7 Å². The highest BCUT2D eigenvalue weighted by atomic mass is 19.4. The maximum Gasteiger partial charge on any atom is 0.406 e. The molecule has 1 saturated carbocycles. The third-order valence-electron chi connectivity index (χ3n) is 6.57. The van der Waals surface area contributed by atoms with E-state index in [0.717, 1.165) is 24.8 Å². The van der Waals surface area contributed by atoms with Crippen LogP contribution < -0.4 is 16.6 Å². The number of benzene rings is 2. The van der Waals surface area contributed by atoms with E-state index in [1.165, 1.54) is 0 Å². The Morgan fingerprint density at radius 3 is 2.36 bits per heavy atom. The Morgan fingerprint density at radius 2 is 1.78 bits per heavy atom. The SMILES string of the molecule is NC1(c2ccc(-c3oc4nc(NCCO)n(CC(F)(F)F)c(=O)c4c3-c3ccccc3)cc2)CCC1. The van der Waals surface area contributed by atoms with Gasteiger partial charge in [-0.05, 0) is 30.4 Å². The molecule has 0 unspecified atom stereocenters. The van der Waals surface area contributed by atoms with Gasteiger partial charge in [-0.25, -0.2) is 0 Å². The maximum absolute atomic E-state index is 13.5. The van der Waals surface area contributed by atoms with Gasteiger partial charge < -0.3 is 20.6 Å². The summed E-state index contributed by atoms with van der Waals surface area (Å²) in [4.78, 5) is 17.7. The molecule has 2 aromatic heterocycles. The molecule has 7 nitrogen and oxygen atoms in total. The molecule has 1 aliphatic carbocycles. The van der Waals surface area contributed by atoms with Gasteiger partial charge in [-0.2, -0.15) is 18.2 Å². The van der Waals surface area contributed by atoms with Crippen molar-refractivity contribution in [2.75, 3.05) is 18.5 Å². The van der Waals surface area contributed by atoms with Crippen molar-refractivity contribution in [2.24, 2.45) is 5.73 Å². The van der Waals surface area contributed by atoms with Crippen molar-refractivity contribution in [1.82, 2.24) is 9.55 Å². The first kappa shape index (κ1) is 24.1. The van der Waals surface area contributed by atoms with E-state index in [4.69, 9.17) is 15.3 Å². The Bertz CT molecular complexity index is 1440. The van der Waals surface area contributed by atoms with Crippen molar-refractivity contribution in [3.8, 4) is 22.5 Å². The molecule has 0 spiro atoms. The van der Waals surface area contributed by atoms with Crippen molar-refractivity contribution >= 4 is 17.0 Å². The zero-order chi connectivity index (χ0) is 25.5. The third-order valence-corrected chi connectivity index (χ3v) is 6.57. The summed E-state index contributed by atoms with van der Waals surface area (Å²) in [7, 11) is 0. The maximum atomic E-state index is 13.5. The van der Waals surface area contributed by atoms with E-state index in [9.17, 15) is 18.0 Å². The quantitative estimate of drug-likeness (QED) is 0.343. The van der Waals surface area contributed by atoms with Crippen LogP contribution in [0, 0.1) is 0 Å². The Balaban J connectivity index is 1.74. The average Bonchev–Trinajstić information content (AvgIpc) is 3.23. The van der Waals surface area contributed by atoms with Gasteiger partial charge in [-0.1, -0.05) is 54.6 Å². The lowest BCUT2D eigenvalue weighted by Gasteiger charge is -2.38. The van der Waals surface area contributed by atoms with Gasteiger partial charge in [-0.3, -0.25) is 9.36 Å². The normalized spacial score (nSPS) is 15.1. The van der Waals surface area contributed by atoms with Crippen LogP contribution in [0.2, 0.25) is 0 Å². The van der Waals surface area contributed by atoms with Crippen LogP contribution in [0.4, 0.5) is 19.1 Å². The van der Waals surface area contributed by atoms with Gasteiger partial charge in [0.25, 0.3) is 5.56 Å². The van der Waals surface area contributed by atoms with Gasteiger partial charge in [0, 0.05) is 23.2 Å². The lowest BCUT2D eigenvalue weighted by Crippen LogP contribution is -2.43. The van der Waals surface area contributed by atoms with E-state index >= 15 is 0 Å². The molecule has 5 rings (SSSR count). The molecule has 4 aromatic rings. The van der Waals surface area contributed by atoms with Crippen molar-refractivity contribution in [1.29, 1.82) is 0 Å². The first-order chi connectivity index (χ1) is 17.2. The molecule has 0 atom stereocenters. The molecule has 2 aromatic carbocycles. The standard InChI is InChI=1S/C26H25F3N4O3/c27-26(28,29)15-33-23(35)20-19(16-5-2-1-3-6-16)21(36-22(20)32-24(33)31-13-14-34)17-7-9-18(10-8-17)25(30)11-4-12-25/h1-3,5-10,34H,4,11-15,30H2,(H,31,32). The number of aromatic nitrogens is 2. The minimum absolute atomic E-state index is 0.0478. The number of anilines is 1. The summed E-state index contributed by atoms with van der Waals surface area (Å²) in [6, 6.07) is 16.4. The molecule has 0 aliphatic heterocycles. The van der Waals surface area contributed by atoms with Crippen LogP contribution in [-0.2, 0) is 12.1 Å². The lowest BCUT2D eigenvalue weighted by molar-refractivity contribution is -0.140. The number of hydrogen-bond acceptors (Lipinski definition) is 6. The monoisotopic (exact) mass is 498 g/mol. The van der Waals surface area contributed by atoms with E-state index in [2.05, 4.69) is 10.3 Å². The van der Waals surface area contributed by atoms with Crippen LogP contribution in [0.25, 0.3) is 33.6 Å². The van der Waals surface area contributed by atoms with Crippen LogP contribution in [-0.4, -0.2) is 34.0 Å². The number of rotatable bonds is 7. The number of fused-ring (bicyclic) bond motifs is 1. The van der Waals surface area contributed by atoms with Crippen molar-refractivity contribution in [2.45, 2.75) is 37.5 Å². The first-order valence-electron chi connectivity index (χ1n) is 11.6. The molecular formula is C26H25F3N4O3. The number of nitrogens with two attached hydrogens (primary N) is 1. The lowest BCUT2D eigenvalue weighted by atomic mass is 9.72. The molecule has 36 heavy (non-hydrogen) atoms. The number of hydrogen-bond donors (Lipinski definition) is 3. The summed E-state index contributed by atoms with van der Waals surface area (Å²) in [5.74, 6) is -0.00547. The molecule has 0 bridgehead atoms. The molecule has 188 valence electrons. The second-order valence-corrected chi connectivity index (χ2v) is 9.03. The minimum atomic E-state index is -4.66. The fourth-order valence-corrected chi connectivity index (χ4v) is 4.60. The van der Waals surface area contributed by atoms with Crippen LogP contribution in [0.15, 0.2) is 63.8 Å². The molecule has 10 heteroatoms. The molecular weight excluding hydrogens is 473 g/mol. The summed E-state index contributed by atoms with van der Waals surface area (Å²) < 4.78 is 46.7. The second kappa shape index (κ2) is 9.11. The fourth-order valence-electron chi connectivity index (χ4n) is 4.60. The van der Waals surface area contributed by atoms with Gasteiger partial charge in [0.1, 0.15) is 17.7 Å². The molecule has 2 heterocycles. The molecule has 1 aliphatic rings. The highest BCUT2D eigenvalue weighted by Gasteiger charge is 2.35. The van der Waals surface area contributed by atoms with Gasteiger partial charge in [0.15, 0.2) is 0 Å². The van der Waals surface area contributed by atoms with Gasteiger partial charge in [0.05, 0.1) is 6.61 Å². The number of alkyl halides is 3. The number of halogens is 3. The molecule has 0 amide bonds. The zero-order valence-corrected chi connectivity index (χ0v) is 19.3. The Kier molecular flexibility index (Phi) is 6.09. The zero-order valence-electron chi connectivity index (χ0n) is 19.3. The summed E-state index contributed by atoms with van der Waals surface area (Å²) >= 11 is 0. The van der Waals surface area contributed by atoms with E-state index in [1.54, 1.807) is 30.3 Å². The predicted molar refractivity (Wildman–Crippen MR) is 130 cm³/mol. The summed E-state index contributed by atoms with van der Waals surface area (Å²) in [6.07, 6.45) is -1.79. The van der Waals surface area contributed by atoms with Crippen LogP contribution in [0.3, 0.4) is 0 Å². The number of furan rings is 1. The van der Waals surface area contributed by atoms with Gasteiger partial charge in [-0.15, -0.1) is 0 Å². The van der Waals surface area contributed by atoms with Crippen LogP contribution in [0.1, 0.15) is 24.8 Å². The Morgan fingerprint density at radius 1 is 1.08 bits per heavy atom. The summed E-state index contributed by atoms with van der Waals surface area (Å²) in [5, 5.41) is 11.7. The van der Waals surface area contributed by atoms with Crippen molar-refractivity contribution in [3.63, 3.8) is 0 Å². The number of nitrogens with zero attached hydrogens (tertiary/aromatic N) is 2. The molecule has 0 saturated heterocycles. The molecule has 1 fully saturated rings. The van der Waals surface area contributed by atoms with Crippen LogP contribution in [0.5, 0.6) is 0 Å². The number of nitrogens with one attached hydrogen (secondary N) is 1. The average molecular weight is 499 g/mol. The first-order valence-corrected chi connectivity index (χ1v) is 11.6.